The van der Waals surface area contributed by atoms with Crippen LogP contribution in [0.4, 0.5) is 10.1 Å². The van der Waals surface area contributed by atoms with Gasteiger partial charge in [0.2, 0.25) is 10.0 Å². The lowest BCUT2D eigenvalue weighted by molar-refractivity contribution is 0.164. The topological polar surface area (TPSA) is 52.7 Å². The van der Waals surface area contributed by atoms with Crippen LogP contribution >= 0.6 is 11.3 Å². The third kappa shape index (κ3) is 5.07. The van der Waals surface area contributed by atoms with Gasteiger partial charge < -0.3 is 4.90 Å². The lowest BCUT2D eigenvalue weighted by Crippen LogP contribution is -2.52. The molecule has 148 valence electrons. The molecular formula is C19H26FN3O2S2. The average Bonchev–Trinajstić information content (AvgIpc) is 3.17. The molecule has 1 saturated heterocycles. The summed E-state index contributed by atoms with van der Waals surface area (Å²) in [7, 11) is -3.27. The Balaban J connectivity index is 1.72. The Morgan fingerprint density at radius 2 is 1.81 bits per heavy atom. The highest BCUT2D eigenvalue weighted by molar-refractivity contribution is 7.89. The lowest BCUT2D eigenvalue weighted by Gasteiger charge is -2.42. The SMILES string of the molecule is CCS(=O)(=O)N[C@@H](C)[C@@H](c1cccs1)N1CCN(c2ccc(F)cc2)CC1. The van der Waals surface area contributed by atoms with Gasteiger partial charge >= 0.3 is 0 Å². The van der Waals surface area contributed by atoms with Gasteiger partial charge in [-0.05, 0) is 49.6 Å². The van der Waals surface area contributed by atoms with Crippen molar-refractivity contribution in [3.05, 3.63) is 52.5 Å². The number of thiophene rings is 1. The van der Waals surface area contributed by atoms with E-state index in [-0.39, 0.29) is 23.7 Å². The smallest absolute Gasteiger partial charge is 0.211 e. The number of sulfonamides is 1. The molecule has 2 atom stereocenters. The van der Waals surface area contributed by atoms with Crippen molar-refractivity contribution in [1.82, 2.24) is 9.62 Å². The van der Waals surface area contributed by atoms with Gasteiger partial charge in [-0.1, -0.05) is 6.07 Å². The third-order valence-corrected chi connectivity index (χ3v) is 7.39. The van der Waals surface area contributed by atoms with Gasteiger partial charge in [0.05, 0.1) is 11.8 Å². The fourth-order valence-electron chi connectivity index (χ4n) is 3.54. The van der Waals surface area contributed by atoms with Gasteiger partial charge in [0.25, 0.3) is 0 Å². The first-order valence-electron chi connectivity index (χ1n) is 9.17. The first-order valence-corrected chi connectivity index (χ1v) is 11.7. The Morgan fingerprint density at radius 3 is 2.37 bits per heavy atom. The molecule has 1 aromatic carbocycles. The highest BCUT2D eigenvalue weighted by Crippen LogP contribution is 2.30. The van der Waals surface area contributed by atoms with Crippen molar-refractivity contribution in [2.45, 2.75) is 25.9 Å². The molecule has 0 bridgehead atoms. The molecule has 27 heavy (non-hydrogen) atoms. The van der Waals surface area contributed by atoms with Gasteiger partial charge in [0.1, 0.15) is 5.82 Å². The summed E-state index contributed by atoms with van der Waals surface area (Å²) in [5.74, 6) is -0.153. The molecule has 0 spiro atoms. The summed E-state index contributed by atoms with van der Waals surface area (Å²) in [6, 6.07) is 10.4. The van der Waals surface area contributed by atoms with E-state index in [1.165, 1.54) is 12.1 Å². The van der Waals surface area contributed by atoms with Crippen molar-refractivity contribution < 1.29 is 12.8 Å². The summed E-state index contributed by atoms with van der Waals surface area (Å²) < 4.78 is 40.1. The van der Waals surface area contributed by atoms with Gasteiger partial charge in [-0.2, -0.15) is 0 Å². The lowest BCUT2D eigenvalue weighted by atomic mass is 10.1. The van der Waals surface area contributed by atoms with E-state index >= 15 is 0 Å². The van der Waals surface area contributed by atoms with Crippen LogP contribution in [0.25, 0.3) is 0 Å². The van der Waals surface area contributed by atoms with Gasteiger partial charge in [-0.15, -0.1) is 11.3 Å². The number of hydrogen-bond acceptors (Lipinski definition) is 5. The highest BCUT2D eigenvalue weighted by atomic mass is 32.2. The molecule has 0 aliphatic carbocycles. The van der Waals surface area contributed by atoms with E-state index < -0.39 is 10.0 Å². The Bertz CT molecular complexity index is 817. The Hall–Kier alpha value is -1.48. The van der Waals surface area contributed by atoms with Crippen LogP contribution in [0.1, 0.15) is 24.8 Å². The minimum Gasteiger partial charge on any atom is -0.369 e. The maximum absolute atomic E-state index is 13.2. The second kappa shape index (κ2) is 8.68. The summed E-state index contributed by atoms with van der Waals surface area (Å²) >= 11 is 1.65. The first-order chi connectivity index (χ1) is 12.9. The summed E-state index contributed by atoms with van der Waals surface area (Å²) in [6.07, 6.45) is 0. The summed E-state index contributed by atoms with van der Waals surface area (Å²) in [5, 5.41) is 2.03. The molecular weight excluding hydrogens is 385 g/mol. The van der Waals surface area contributed by atoms with Crippen molar-refractivity contribution >= 4 is 27.0 Å². The number of nitrogens with zero attached hydrogens (tertiary/aromatic N) is 2. The fourth-order valence-corrected chi connectivity index (χ4v) is 5.37. The Kier molecular flexibility index (Phi) is 6.52. The molecule has 3 rings (SSSR count). The van der Waals surface area contributed by atoms with Crippen molar-refractivity contribution in [3.63, 3.8) is 0 Å². The minimum atomic E-state index is -3.27. The van der Waals surface area contributed by atoms with Gasteiger partial charge in [-0.3, -0.25) is 4.90 Å². The second-order valence-corrected chi connectivity index (χ2v) is 9.79. The number of rotatable bonds is 7. The van der Waals surface area contributed by atoms with Crippen molar-refractivity contribution in [2.75, 3.05) is 36.8 Å². The monoisotopic (exact) mass is 411 g/mol. The number of anilines is 1. The van der Waals surface area contributed by atoms with E-state index in [4.69, 9.17) is 0 Å². The molecule has 1 fully saturated rings. The number of nitrogens with one attached hydrogen (secondary N) is 1. The molecule has 1 aromatic heterocycles. The van der Waals surface area contributed by atoms with Crippen LogP contribution in [0.5, 0.6) is 0 Å². The molecule has 2 heterocycles. The Labute approximate surface area is 164 Å². The minimum absolute atomic E-state index is 0.00157. The molecule has 0 unspecified atom stereocenters. The van der Waals surface area contributed by atoms with Crippen LogP contribution in [-0.4, -0.2) is 51.3 Å². The van der Waals surface area contributed by atoms with Crippen molar-refractivity contribution in [2.24, 2.45) is 0 Å². The standard InChI is InChI=1S/C19H26FN3O2S2/c1-3-27(24,25)21-15(2)19(18-5-4-14-26-18)23-12-10-22(11-13-23)17-8-6-16(20)7-9-17/h4-9,14-15,19,21H,3,10-13H2,1-2H3/t15-,19-/m0/s1. The van der Waals surface area contributed by atoms with E-state index in [1.54, 1.807) is 30.4 Å². The molecule has 0 amide bonds. The molecule has 1 aliphatic heterocycles. The molecule has 0 radical (unpaired) electrons. The van der Waals surface area contributed by atoms with E-state index in [2.05, 4.69) is 20.6 Å². The molecule has 2 aromatic rings. The van der Waals surface area contributed by atoms with Crippen LogP contribution in [0, 0.1) is 5.82 Å². The van der Waals surface area contributed by atoms with Crippen LogP contribution in [-0.2, 0) is 10.0 Å². The zero-order valence-corrected chi connectivity index (χ0v) is 17.3. The van der Waals surface area contributed by atoms with E-state index in [9.17, 15) is 12.8 Å². The zero-order valence-electron chi connectivity index (χ0n) is 15.6. The average molecular weight is 412 g/mol. The molecule has 5 nitrogen and oxygen atoms in total. The number of halogens is 1. The fraction of sp³-hybridized carbons (Fsp3) is 0.474. The van der Waals surface area contributed by atoms with Crippen LogP contribution in [0.15, 0.2) is 41.8 Å². The maximum Gasteiger partial charge on any atom is 0.211 e. The van der Waals surface area contributed by atoms with E-state index in [0.29, 0.717) is 0 Å². The maximum atomic E-state index is 13.2. The largest absolute Gasteiger partial charge is 0.369 e. The van der Waals surface area contributed by atoms with Crippen LogP contribution < -0.4 is 9.62 Å². The van der Waals surface area contributed by atoms with E-state index in [1.807, 2.05) is 18.4 Å². The van der Waals surface area contributed by atoms with Gasteiger partial charge in [-0.25, -0.2) is 17.5 Å². The normalized spacial score (nSPS) is 18.4. The van der Waals surface area contributed by atoms with E-state index in [0.717, 1.165) is 36.7 Å². The number of hydrogen-bond donors (Lipinski definition) is 1. The van der Waals surface area contributed by atoms with Crippen LogP contribution in [0.3, 0.4) is 0 Å². The Morgan fingerprint density at radius 1 is 1.15 bits per heavy atom. The quantitative estimate of drug-likeness (QED) is 0.761. The molecule has 8 heteroatoms. The second-order valence-electron chi connectivity index (χ2n) is 6.77. The third-order valence-electron chi connectivity index (χ3n) is 4.95. The van der Waals surface area contributed by atoms with Crippen LogP contribution in [0.2, 0.25) is 0 Å². The molecule has 1 aliphatic rings. The first kappa shape index (κ1) is 20.3. The summed E-state index contributed by atoms with van der Waals surface area (Å²) in [4.78, 5) is 5.74. The van der Waals surface area contributed by atoms with Gasteiger partial charge in [0, 0.05) is 42.8 Å². The summed E-state index contributed by atoms with van der Waals surface area (Å²) in [6.45, 7) is 6.86. The molecule has 0 saturated carbocycles. The number of benzene rings is 1. The zero-order chi connectivity index (χ0) is 19.4. The highest BCUT2D eigenvalue weighted by Gasteiger charge is 2.31. The van der Waals surface area contributed by atoms with Crippen molar-refractivity contribution in [1.29, 1.82) is 0 Å². The predicted molar refractivity (Wildman–Crippen MR) is 109 cm³/mol. The number of piperazine rings is 1. The van der Waals surface area contributed by atoms with Crippen molar-refractivity contribution in [3.8, 4) is 0 Å². The predicted octanol–water partition coefficient (Wildman–Crippen LogP) is 3.08. The van der Waals surface area contributed by atoms with Gasteiger partial charge in [0.15, 0.2) is 0 Å². The summed E-state index contributed by atoms with van der Waals surface area (Å²) in [5.41, 5.74) is 1.02. The molecule has 1 N–H and O–H groups in total.